The molecule has 4 aliphatic rings. The number of unbranched alkanes of at least 4 members (excludes halogenated alkanes) is 2. The SMILES string of the molecule is CCCCC1CCC(C2CCC(OC(=O)C3CCC(C4CCC(CCCC)CC4)CC3)CC2)CC1. The molecule has 0 bridgehead atoms. The highest BCUT2D eigenvalue weighted by Crippen LogP contribution is 2.44. The van der Waals surface area contributed by atoms with Gasteiger partial charge in [-0.25, -0.2) is 0 Å². The molecule has 35 heavy (non-hydrogen) atoms. The number of esters is 1. The van der Waals surface area contributed by atoms with Gasteiger partial charge in [0, 0.05) is 0 Å². The third kappa shape index (κ3) is 8.23. The molecular formula is C33H58O2. The van der Waals surface area contributed by atoms with Gasteiger partial charge >= 0.3 is 5.97 Å². The van der Waals surface area contributed by atoms with Crippen LogP contribution in [0.5, 0.6) is 0 Å². The minimum absolute atomic E-state index is 0.159. The highest BCUT2D eigenvalue weighted by Gasteiger charge is 2.36. The Kier molecular flexibility index (Phi) is 11.3. The van der Waals surface area contributed by atoms with Crippen molar-refractivity contribution in [1.82, 2.24) is 0 Å². The van der Waals surface area contributed by atoms with Crippen molar-refractivity contribution in [3.63, 3.8) is 0 Å². The monoisotopic (exact) mass is 486 g/mol. The lowest BCUT2D eigenvalue weighted by molar-refractivity contribution is -0.158. The van der Waals surface area contributed by atoms with Crippen LogP contribution in [0.25, 0.3) is 0 Å². The summed E-state index contributed by atoms with van der Waals surface area (Å²) in [4.78, 5) is 13.0. The second-order valence-corrected chi connectivity index (χ2v) is 13.4. The first-order valence-electron chi connectivity index (χ1n) is 16.4. The molecule has 0 aromatic rings. The van der Waals surface area contributed by atoms with E-state index in [4.69, 9.17) is 4.74 Å². The fourth-order valence-electron chi connectivity index (χ4n) is 8.65. The molecule has 2 nitrogen and oxygen atoms in total. The standard InChI is InChI=1S/C33H58O2/c1-3-5-7-25-9-13-27(14-10-25)29-17-19-31(20-18-29)33(34)35-32-23-21-30(22-24-32)28-15-11-26(12-16-28)8-6-4-2/h25-32H,3-24H2,1-2H3. The van der Waals surface area contributed by atoms with E-state index < -0.39 is 0 Å². The van der Waals surface area contributed by atoms with E-state index in [-0.39, 0.29) is 18.0 Å². The van der Waals surface area contributed by atoms with E-state index in [0.29, 0.717) is 0 Å². The molecule has 0 atom stereocenters. The maximum atomic E-state index is 13.0. The minimum atomic E-state index is 0.159. The van der Waals surface area contributed by atoms with Crippen LogP contribution in [-0.2, 0) is 9.53 Å². The van der Waals surface area contributed by atoms with Gasteiger partial charge in [-0.1, -0.05) is 78.1 Å². The Balaban J connectivity index is 1.09. The van der Waals surface area contributed by atoms with Gasteiger partial charge in [0.15, 0.2) is 0 Å². The molecule has 4 aliphatic carbocycles. The predicted octanol–water partition coefficient (Wildman–Crippen LogP) is 9.89. The van der Waals surface area contributed by atoms with Gasteiger partial charge in [0.05, 0.1) is 5.92 Å². The molecule has 2 heteroatoms. The van der Waals surface area contributed by atoms with Crippen LogP contribution in [0.2, 0.25) is 0 Å². The molecule has 4 fully saturated rings. The van der Waals surface area contributed by atoms with Crippen LogP contribution < -0.4 is 0 Å². The summed E-state index contributed by atoms with van der Waals surface area (Å²) in [7, 11) is 0. The van der Waals surface area contributed by atoms with Crippen LogP contribution >= 0.6 is 0 Å². The van der Waals surface area contributed by atoms with Gasteiger partial charge in [-0.2, -0.15) is 0 Å². The van der Waals surface area contributed by atoms with Crippen molar-refractivity contribution in [3.05, 3.63) is 0 Å². The molecule has 202 valence electrons. The average molecular weight is 487 g/mol. The number of carbonyl (C=O) groups excluding carboxylic acids is 1. The molecule has 0 amide bonds. The largest absolute Gasteiger partial charge is 0.462 e. The number of hydrogen-bond acceptors (Lipinski definition) is 2. The van der Waals surface area contributed by atoms with Gasteiger partial charge in [0.2, 0.25) is 0 Å². The first-order chi connectivity index (χ1) is 17.2. The normalized spacial score (nSPS) is 38.7. The first-order valence-corrected chi connectivity index (χ1v) is 16.4. The number of hydrogen-bond donors (Lipinski definition) is 0. The molecule has 0 radical (unpaired) electrons. The molecule has 0 unspecified atom stereocenters. The van der Waals surface area contributed by atoms with Crippen LogP contribution in [0.4, 0.5) is 0 Å². The molecule has 0 aromatic heterocycles. The summed E-state index contributed by atoms with van der Waals surface area (Å²) < 4.78 is 6.12. The van der Waals surface area contributed by atoms with Gasteiger partial charge in [0.25, 0.3) is 0 Å². The third-order valence-corrected chi connectivity index (χ3v) is 11.2. The Bertz CT molecular complexity index is 582. The first kappa shape index (κ1) is 27.5. The Morgan fingerprint density at radius 3 is 1.31 bits per heavy atom. The molecule has 0 aromatic carbocycles. The van der Waals surface area contributed by atoms with E-state index in [0.717, 1.165) is 61.2 Å². The number of ether oxygens (including phenoxy) is 1. The molecule has 4 saturated carbocycles. The van der Waals surface area contributed by atoms with Crippen molar-refractivity contribution in [1.29, 1.82) is 0 Å². The fraction of sp³-hybridized carbons (Fsp3) is 0.970. The summed E-state index contributed by atoms with van der Waals surface area (Å²) in [6.07, 6.45) is 30.0. The van der Waals surface area contributed by atoms with Crippen molar-refractivity contribution in [2.45, 2.75) is 161 Å². The van der Waals surface area contributed by atoms with E-state index >= 15 is 0 Å². The zero-order valence-corrected chi connectivity index (χ0v) is 23.5. The Hall–Kier alpha value is -0.530. The van der Waals surface area contributed by atoms with Crippen LogP contribution in [0.15, 0.2) is 0 Å². The van der Waals surface area contributed by atoms with Crippen molar-refractivity contribution in [3.8, 4) is 0 Å². The second kappa shape index (κ2) is 14.4. The second-order valence-electron chi connectivity index (χ2n) is 13.4. The van der Waals surface area contributed by atoms with Crippen molar-refractivity contribution in [2.75, 3.05) is 0 Å². The van der Waals surface area contributed by atoms with Crippen molar-refractivity contribution >= 4 is 5.97 Å². The predicted molar refractivity (Wildman–Crippen MR) is 147 cm³/mol. The number of rotatable bonds is 10. The van der Waals surface area contributed by atoms with E-state index in [1.807, 2.05) is 0 Å². The van der Waals surface area contributed by atoms with Crippen molar-refractivity contribution < 1.29 is 9.53 Å². The van der Waals surface area contributed by atoms with E-state index in [2.05, 4.69) is 13.8 Å². The molecule has 0 heterocycles. The van der Waals surface area contributed by atoms with Crippen LogP contribution in [0.3, 0.4) is 0 Å². The summed E-state index contributed by atoms with van der Waals surface area (Å²) in [6, 6.07) is 0. The summed E-state index contributed by atoms with van der Waals surface area (Å²) in [5.41, 5.74) is 0. The molecule has 0 saturated heterocycles. The van der Waals surface area contributed by atoms with Crippen LogP contribution in [-0.4, -0.2) is 12.1 Å². The summed E-state index contributed by atoms with van der Waals surface area (Å²) in [6.45, 7) is 4.64. The van der Waals surface area contributed by atoms with Gasteiger partial charge in [0.1, 0.15) is 6.10 Å². The lowest BCUT2D eigenvalue weighted by atomic mass is 9.68. The average Bonchev–Trinajstić information content (AvgIpc) is 2.92. The Morgan fingerprint density at radius 2 is 0.914 bits per heavy atom. The maximum absolute atomic E-state index is 13.0. The van der Waals surface area contributed by atoms with Gasteiger partial charge in [-0.15, -0.1) is 0 Å². The summed E-state index contributed by atoms with van der Waals surface area (Å²) >= 11 is 0. The zero-order chi connectivity index (χ0) is 24.5. The molecule has 4 rings (SSSR count). The van der Waals surface area contributed by atoms with Crippen LogP contribution in [0, 0.1) is 41.4 Å². The quantitative estimate of drug-likeness (QED) is 0.287. The van der Waals surface area contributed by atoms with E-state index in [1.165, 1.54) is 116 Å². The molecule has 0 aliphatic heterocycles. The summed E-state index contributed by atoms with van der Waals surface area (Å²) in [5.74, 6) is 6.08. The van der Waals surface area contributed by atoms with Gasteiger partial charge in [-0.05, 0) is 113 Å². The third-order valence-electron chi connectivity index (χ3n) is 11.2. The van der Waals surface area contributed by atoms with Crippen LogP contribution in [0.1, 0.15) is 155 Å². The zero-order valence-electron chi connectivity index (χ0n) is 23.5. The highest BCUT2D eigenvalue weighted by molar-refractivity contribution is 5.72. The lowest BCUT2D eigenvalue weighted by Crippen LogP contribution is -2.33. The van der Waals surface area contributed by atoms with E-state index in [1.54, 1.807) is 0 Å². The van der Waals surface area contributed by atoms with Gasteiger partial charge < -0.3 is 4.74 Å². The Labute approximate surface area is 218 Å². The fourth-order valence-corrected chi connectivity index (χ4v) is 8.65. The smallest absolute Gasteiger partial charge is 0.309 e. The number of carbonyl (C=O) groups is 1. The minimum Gasteiger partial charge on any atom is -0.462 e. The highest BCUT2D eigenvalue weighted by atomic mass is 16.5. The van der Waals surface area contributed by atoms with E-state index in [9.17, 15) is 4.79 Å². The topological polar surface area (TPSA) is 26.3 Å². The molecular weight excluding hydrogens is 428 g/mol. The lowest BCUT2D eigenvalue weighted by Gasteiger charge is -2.39. The molecule has 0 N–H and O–H groups in total. The van der Waals surface area contributed by atoms with Crippen molar-refractivity contribution in [2.24, 2.45) is 41.4 Å². The maximum Gasteiger partial charge on any atom is 0.309 e. The Morgan fingerprint density at radius 1 is 0.543 bits per heavy atom. The molecule has 0 spiro atoms. The van der Waals surface area contributed by atoms with Gasteiger partial charge in [-0.3, -0.25) is 4.79 Å². The summed E-state index contributed by atoms with van der Waals surface area (Å²) in [5, 5.41) is 0.